The van der Waals surface area contributed by atoms with Crippen LogP contribution in [0.4, 0.5) is 0 Å². The maximum atomic E-state index is 11.7. The minimum absolute atomic E-state index is 0.134. The highest BCUT2D eigenvalue weighted by Gasteiger charge is 2.38. The average molecular weight is 330 g/mol. The van der Waals surface area contributed by atoms with Gasteiger partial charge >= 0.3 is 5.97 Å². The molecule has 5 nitrogen and oxygen atoms in total. The first kappa shape index (κ1) is 19.4. The van der Waals surface area contributed by atoms with Crippen LogP contribution in [-0.4, -0.2) is 46.5 Å². The molecule has 0 N–H and O–H groups in total. The van der Waals surface area contributed by atoms with Crippen LogP contribution < -0.4 is 0 Å². The molecule has 0 spiro atoms. The molecule has 1 fully saturated rings. The van der Waals surface area contributed by atoms with Crippen molar-refractivity contribution in [1.82, 2.24) is 0 Å². The molecule has 0 aromatic heterocycles. The fourth-order valence-corrected chi connectivity index (χ4v) is 2.78. The minimum Gasteiger partial charge on any atom is -0.463 e. The second kappa shape index (κ2) is 7.72. The van der Waals surface area contributed by atoms with Gasteiger partial charge in [0.05, 0.1) is 19.8 Å². The van der Waals surface area contributed by atoms with E-state index in [1.165, 1.54) is 6.08 Å². The summed E-state index contributed by atoms with van der Waals surface area (Å²) >= 11 is 0. The Morgan fingerprint density at radius 3 is 2.59 bits per heavy atom. The van der Waals surface area contributed by atoms with E-state index >= 15 is 0 Å². The summed E-state index contributed by atoms with van der Waals surface area (Å²) in [5, 5.41) is 0.134. The summed E-state index contributed by atoms with van der Waals surface area (Å²) in [6.07, 6.45) is 0.907. The van der Waals surface area contributed by atoms with Crippen LogP contribution >= 0.6 is 0 Å². The van der Waals surface area contributed by atoms with E-state index in [1.807, 2.05) is 6.92 Å². The second-order valence-electron chi connectivity index (χ2n) is 7.05. The molecule has 0 amide bonds. The first-order valence-electron chi connectivity index (χ1n) is 7.85. The Morgan fingerprint density at radius 2 is 2.05 bits per heavy atom. The SMILES string of the molecule is CCOC(=O)C=C1CO[C@@H](C)O[C@H]1CO[Si](C)(C)C(C)(C)C. The predicted octanol–water partition coefficient (Wildman–Crippen LogP) is 3.26. The van der Waals surface area contributed by atoms with Gasteiger partial charge in [0, 0.05) is 6.08 Å². The number of carbonyl (C=O) groups is 1. The minimum atomic E-state index is -1.86. The molecule has 6 heteroatoms. The maximum Gasteiger partial charge on any atom is 0.330 e. The van der Waals surface area contributed by atoms with Gasteiger partial charge in [0.15, 0.2) is 14.6 Å². The molecule has 128 valence electrons. The molecule has 0 unspecified atom stereocenters. The van der Waals surface area contributed by atoms with Crippen molar-refractivity contribution in [2.45, 2.75) is 65.1 Å². The van der Waals surface area contributed by atoms with E-state index in [-0.39, 0.29) is 23.4 Å². The standard InChI is InChI=1S/C16H30O5Si/c1-8-18-15(17)9-13-10-19-12(2)21-14(13)11-20-22(6,7)16(3,4)5/h9,12,14H,8,10-11H2,1-7H3/t12-,14+/m1/s1. The van der Waals surface area contributed by atoms with E-state index in [0.717, 1.165) is 5.57 Å². The normalized spacial score (nSPS) is 25.3. The molecule has 0 aromatic rings. The largest absolute Gasteiger partial charge is 0.463 e. The zero-order valence-corrected chi connectivity index (χ0v) is 15.9. The zero-order valence-electron chi connectivity index (χ0n) is 14.9. The molecule has 0 bridgehead atoms. The molecule has 0 aromatic carbocycles. The van der Waals surface area contributed by atoms with Crippen LogP contribution in [0.1, 0.15) is 34.6 Å². The van der Waals surface area contributed by atoms with E-state index in [4.69, 9.17) is 18.6 Å². The van der Waals surface area contributed by atoms with E-state index in [1.54, 1.807) is 6.92 Å². The maximum absolute atomic E-state index is 11.7. The number of ether oxygens (including phenoxy) is 3. The molecule has 1 aliphatic heterocycles. The molecule has 0 saturated carbocycles. The van der Waals surface area contributed by atoms with Crippen LogP contribution in [0.5, 0.6) is 0 Å². The highest BCUT2D eigenvalue weighted by atomic mass is 28.4. The van der Waals surface area contributed by atoms with E-state index in [9.17, 15) is 4.79 Å². The number of hydrogen-bond acceptors (Lipinski definition) is 5. The Morgan fingerprint density at radius 1 is 1.41 bits per heavy atom. The van der Waals surface area contributed by atoms with Gasteiger partial charge < -0.3 is 18.6 Å². The lowest BCUT2D eigenvalue weighted by Crippen LogP contribution is -2.45. The third kappa shape index (κ3) is 5.50. The van der Waals surface area contributed by atoms with Gasteiger partial charge in [-0.05, 0) is 37.6 Å². The molecule has 0 aliphatic carbocycles. The van der Waals surface area contributed by atoms with Crippen molar-refractivity contribution in [3.8, 4) is 0 Å². The Labute approximate surface area is 135 Å². The van der Waals surface area contributed by atoms with Gasteiger partial charge in [0.25, 0.3) is 0 Å². The fraction of sp³-hybridized carbons (Fsp3) is 0.812. The Kier molecular flexibility index (Phi) is 6.79. The summed E-state index contributed by atoms with van der Waals surface area (Å²) in [5.41, 5.74) is 0.773. The van der Waals surface area contributed by atoms with Crippen LogP contribution in [0.2, 0.25) is 18.1 Å². The summed E-state index contributed by atoms with van der Waals surface area (Å²) in [7, 11) is -1.86. The predicted molar refractivity (Wildman–Crippen MR) is 88.2 cm³/mol. The smallest absolute Gasteiger partial charge is 0.330 e. The summed E-state index contributed by atoms with van der Waals surface area (Å²) in [5.74, 6) is -0.364. The number of hydrogen-bond donors (Lipinski definition) is 0. The highest BCUT2D eigenvalue weighted by molar-refractivity contribution is 6.74. The van der Waals surface area contributed by atoms with Crippen molar-refractivity contribution in [2.24, 2.45) is 0 Å². The van der Waals surface area contributed by atoms with Gasteiger partial charge in [-0.25, -0.2) is 4.79 Å². The van der Waals surface area contributed by atoms with Crippen LogP contribution in [-0.2, 0) is 23.4 Å². The van der Waals surface area contributed by atoms with Crippen molar-refractivity contribution >= 4 is 14.3 Å². The average Bonchev–Trinajstić information content (AvgIpc) is 2.38. The fourth-order valence-electron chi connectivity index (χ4n) is 1.78. The van der Waals surface area contributed by atoms with Crippen molar-refractivity contribution < 1.29 is 23.4 Å². The Hall–Kier alpha value is -0.693. The van der Waals surface area contributed by atoms with Gasteiger partial charge in [0.2, 0.25) is 0 Å². The van der Waals surface area contributed by atoms with Crippen LogP contribution in [0, 0.1) is 0 Å². The number of rotatable bonds is 5. The van der Waals surface area contributed by atoms with Crippen LogP contribution in [0.3, 0.4) is 0 Å². The topological polar surface area (TPSA) is 54.0 Å². The highest BCUT2D eigenvalue weighted by Crippen LogP contribution is 2.37. The van der Waals surface area contributed by atoms with E-state index < -0.39 is 8.32 Å². The lowest BCUT2D eigenvalue weighted by molar-refractivity contribution is -0.183. The van der Waals surface area contributed by atoms with Gasteiger partial charge in [-0.2, -0.15) is 0 Å². The molecular weight excluding hydrogens is 300 g/mol. The van der Waals surface area contributed by atoms with Crippen molar-refractivity contribution in [2.75, 3.05) is 19.8 Å². The third-order valence-corrected chi connectivity index (χ3v) is 8.75. The van der Waals surface area contributed by atoms with Crippen LogP contribution in [0.15, 0.2) is 11.6 Å². The van der Waals surface area contributed by atoms with Gasteiger partial charge in [-0.1, -0.05) is 20.8 Å². The first-order chi connectivity index (χ1) is 10.1. The number of carbonyl (C=O) groups excluding carboxylic acids is 1. The Balaban J connectivity index is 2.76. The van der Waals surface area contributed by atoms with Crippen LogP contribution in [0.25, 0.3) is 0 Å². The molecule has 1 aliphatic rings. The summed E-state index contributed by atoms with van der Waals surface area (Å²) < 4.78 is 22.4. The summed E-state index contributed by atoms with van der Waals surface area (Å²) in [6, 6.07) is 0. The molecule has 1 saturated heterocycles. The molecule has 1 rings (SSSR count). The van der Waals surface area contributed by atoms with E-state index in [2.05, 4.69) is 33.9 Å². The Bertz CT molecular complexity index is 411. The lowest BCUT2D eigenvalue weighted by Gasteiger charge is -2.38. The molecule has 1 heterocycles. The molecule has 2 atom stereocenters. The summed E-state index contributed by atoms with van der Waals surface area (Å²) in [6.45, 7) is 15.8. The summed E-state index contributed by atoms with van der Waals surface area (Å²) in [4.78, 5) is 11.7. The number of esters is 1. The van der Waals surface area contributed by atoms with Crippen molar-refractivity contribution in [1.29, 1.82) is 0 Å². The lowest BCUT2D eigenvalue weighted by atomic mass is 10.1. The van der Waals surface area contributed by atoms with Gasteiger partial charge in [0.1, 0.15) is 6.10 Å². The molecule has 0 radical (unpaired) electrons. The zero-order chi connectivity index (χ0) is 17.0. The van der Waals surface area contributed by atoms with Crippen molar-refractivity contribution in [3.63, 3.8) is 0 Å². The van der Waals surface area contributed by atoms with Gasteiger partial charge in [-0.3, -0.25) is 0 Å². The van der Waals surface area contributed by atoms with Gasteiger partial charge in [-0.15, -0.1) is 0 Å². The second-order valence-corrected chi connectivity index (χ2v) is 11.9. The third-order valence-electron chi connectivity index (χ3n) is 4.25. The molecular formula is C16H30O5Si. The molecule has 22 heavy (non-hydrogen) atoms. The quantitative estimate of drug-likeness (QED) is 0.440. The monoisotopic (exact) mass is 330 g/mol. The first-order valence-corrected chi connectivity index (χ1v) is 10.8. The van der Waals surface area contributed by atoms with Crippen molar-refractivity contribution in [3.05, 3.63) is 11.6 Å². The van der Waals surface area contributed by atoms with E-state index in [0.29, 0.717) is 19.8 Å².